The third-order valence-electron chi connectivity index (χ3n) is 2.32. The standard InChI is InChI=1S/C11H8ClN3O4/c12-9-2-1-7(5-10(9)15(17)18)11(16)13-6-8-3-4-14-19-8/h1-5H,6H2,(H,13,16). The molecule has 7 nitrogen and oxygen atoms in total. The number of benzene rings is 1. The lowest BCUT2D eigenvalue weighted by atomic mass is 10.2. The Balaban J connectivity index is 2.11. The van der Waals surface area contributed by atoms with Gasteiger partial charge in [-0.1, -0.05) is 16.8 Å². The summed E-state index contributed by atoms with van der Waals surface area (Å²) in [5.74, 6) is 0.0213. The number of aromatic nitrogens is 1. The molecule has 0 saturated heterocycles. The van der Waals surface area contributed by atoms with Gasteiger partial charge in [-0.15, -0.1) is 0 Å². The van der Waals surface area contributed by atoms with Crippen molar-refractivity contribution in [2.75, 3.05) is 0 Å². The molecule has 2 rings (SSSR count). The lowest BCUT2D eigenvalue weighted by molar-refractivity contribution is -0.384. The molecule has 1 aromatic carbocycles. The van der Waals surface area contributed by atoms with E-state index in [9.17, 15) is 14.9 Å². The second kappa shape index (κ2) is 5.49. The van der Waals surface area contributed by atoms with Crippen molar-refractivity contribution in [3.63, 3.8) is 0 Å². The first kappa shape index (κ1) is 13.0. The maximum absolute atomic E-state index is 11.8. The first-order valence-corrected chi connectivity index (χ1v) is 5.57. The van der Waals surface area contributed by atoms with Gasteiger partial charge in [0.05, 0.1) is 17.7 Å². The monoisotopic (exact) mass is 281 g/mol. The smallest absolute Gasteiger partial charge is 0.288 e. The number of nitrogens with zero attached hydrogens (tertiary/aromatic N) is 2. The Hall–Kier alpha value is -2.41. The van der Waals surface area contributed by atoms with E-state index in [1.54, 1.807) is 6.07 Å². The van der Waals surface area contributed by atoms with E-state index in [1.165, 1.54) is 18.3 Å². The number of hydrogen-bond donors (Lipinski definition) is 1. The third-order valence-corrected chi connectivity index (χ3v) is 2.64. The van der Waals surface area contributed by atoms with E-state index in [-0.39, 0.29) is 22.8 Å². The molecule has 0 radical (unpaired) electrons. The molecule has 98 valence electrons. The fraction of sp³-hybridized carbons (Fsp3) is 0.0909. The van der Waals surface area contributed by atoms with Crippen LogP contribution in [0.1, 0.15) is 16.1 Å². The largest absolute Gasteiger partial charge is 0.360 e. The van der Waals surface area contributed by atoms with E-state index < -0.39 is 10.8 Å². The summed E-state index contributed by atoms with van der Waals surface area (Å²) in [4.78, 5) is 21.9. The molecule has 0 unspecified atom stereocenters. The van der Waals surface area contributed by atoms with Crippen LogP contribution < -0.4 is 5.32 Å². The van der Waals surface area contributed by atoms with Crippen molar-refractivity contribution >= 4 is 23.2 Å². The fourth-order valence-corrected chi connectivity index (χ4v) is 1.58. The molecule has 19 heavy (non-hydrogen) atoms. The number of rotatable bonds is 4. The Morgan fingerprint density at radius 3 is 2.89 bits per heavy atom. The van der Waals surface area contributed by atoms with Crippen LogP contribution in [0.15, 0.2) is 35.0 Å². The van der Waals surface area contributed by atoms with E-state index in [1.807, 2.05) is 0 Å². The molecular weight excluding hydrogens is 274 g/mol. The van der Waals surface area contributed by atoms with Crippen LogP contribution in [-0.4, -0.2) is 16.0 Å². The van der Waals surface area contributed by atoms with Crippen LogP contribution in [0.25, 0.3) is 0 Å². The van der Waals surface area contributed by atoms with Crippen molar-refractivity contribution in [1.82, 2.24) is 10.5 Å². The Labute approximate surface area is 112 Å². The van der Waals surface area contributed by atoms with Gasteiger partial charge in [-0.25, -0.2) is 0 Å². The third kappa shape index (κ3) is 3.08. The van der Waals surface area contributed by atoms with Crippen LogP contribution >= 0.6 is 11.6 Å². The second-order valence-electron chi connectivity index (χ2n) is 3.58. The van der Waals surface area contributed by atoms with Crippen LogP contribution in [0, 0.1) is 10.1 Å². The van der Waals surface area contributed by atoms with Gasteiger partial charge in [-0.2, -0.15) is 0 Å². The molecule has 2 aromatic rings. The minimum Gasteiger partial charge on any atom is -0.360 e. The van der Waals surface area contributed by atoms with Crippen molar-refractivity contribution in [2.45, 2.75) is 6.54 Å². The normalized spacial score (nSPS) is 10.2. The van der Waals surface area contributed by atoms with Crippen molar-refractivity contribution < 1.29 is 14.2 Å². The average molecular weight is 282 g/mol. The summed E-state index contributed by atoms with van der Waals surface area (Å²) in [6.45, 7) is 0.148. The van der Waals surface area contributed by atoms with E-state index in [0.717, 1.165) is 6.07 Å². The Bertz CT molecular complexity index is 612. The second-order valence-corrected chi connectivity index (χ2v) is 3.99. The van der Waals surface area contributed by atoms with Crippen LogP contribution in [0.3, 0.4) is 0 Å². The molecule has 1 N–H and O–H groups in total. The van der Waals surface area contributed by atoms with Gasteiger partial charge >= 0.3 is 0 Å². The minimum atomic E-state index is -0.643. The summed E-state index contributed by atoms with van der Waals surface area (Å²) in [7, 11) is 0. The number of nitrogens with one attached hydrogen (secondary N) is 1. The molecule has 1 heterocycles. The number of halogens is 1. The summed E-state index contributed by atoms with van der Waals surface area (Å²) in [6, 6.07) is 5.44. The molecule has 1 amide bonds. The molecule has 8 heteroatoms. The molecule has 0 spiro atoms. The number of carbonyl (C=O) groups is 1. The highest BCUT2D eigenvalue weighted by atomic mass is 35.5. The summed E-state index contributed by atoms with van der Waals surface area (Å²) in [5.41, 5.74) is -0.162. The van der Waals surface area contributed by atoms with Gasteiger partial charge in [0.2, 0.25) is 0 Å². The quantitative estimate of drug-likeness (QED) is 0.684. The SMILES string of the molecule is O=C(NCc1ccno1)c1ccc(Cl)c([N+](=O)[O-])c1. The highest BCUT2D eigenvalue weighted by Crippen LogP contribution is 2.24. The van der Waals surface area contributed by atoms with Crippen molar-refractivity contribution in [3.8, 4) is 0 Å². The molecule has 1 aromatic heterocycles. The minimum absolute atomic E-state index is 0.0169. The number of nitro groups is 1. The number of carbonyl (C=O) groups excluding carboxylic acids is 1. The summed E-state index contributed by atoms with van der Waals surface area (Å²) < 4.78 is 4.81. The Morgan fingerprint density at radius 2 is 2.26 bits per heavy atom. The highest BCUT2D eigenvalue weighted by Gasteiger charge is 2.16. The predicted molar refractivity (Wildman–Crippen MR) is 65.8 cm³/mol. The molecule has 0 atom stereocenters. The van der Waals surface area contributed by atoms with E-state index in [4.69, 9.17) is 16.1 Å². The number of amides is 1. The Morgan fingerprint density at radius 1 is 1.47 bits per heavy atom. The first-order chi connectivity index (χ1) is 9.08. The van der Waals surface area contributed by atoms with Gasteiger partial charge in [0, 0.05) is 17.7 Å². The van der Waals surface area contributed by atoms with Gasteiger partial charge < -0.3 is 9.84 Å². The Kier molecular flexibility index (Phi) is 3.76. The van der Waals surface area contributed by atoms with Crippen molar-refractivity contribution in [2.24, 2.45) is 0 Å². The van der Waals surface area contributed by atoms with Crippen molar-refractivity contribution in [1.29, 1.82) is 0 Å². The zero-order chi connectivity index (χ0) is 13.8. The lowest BCUT2D eigenvalue weighted by Gasteiger charge is -2.03. The molecule has 0 fully saturated rings. The van der Waals surface area contributed by atoms with E-state index in [0.29, 0.717) is 5.76 Å². The van der Waals surface area contributed by atoms with E-state index in [2.05, 4.69) is 10.5 Å². The molecule has 0 bridgehead atoms. The topological polar surface area (TPSA) is 98.3 Å². The lowest BCUT2D eigenvalue weighted by Crippen LogP contribution is -2.22. The summed E-state index contributed by atoms with van der Waals surface area (Å²) in [5, 5.41) is 16.7. The van der Waals surface area contributed by atoms with Crippen molar-refractivity contribution in [3.05, 3.63) is 56.9 Å². The van der Waals surface area contributed by atoms with Crippen LogP contribution in [-0.2, 0) is 6.54 Å². The van der Waals surface area contributed by atoms with Crippen LogP contribution in [0.2, 0.25) is 5.02 Å². The van der Waals surface area contributed by atoms with Crippen LogP contribution in [0.4, 0.5) is 5.69 Å². The van der Waals surface area contributed by atoms with Gasteiger partial charge in [0.25, 0.3) is 11.6 Å². The zero-order valence-electron chi connectivity index (χ0n) is 9.50. The van der Waals surface area contributed by atoms with Gasteiger partial charge in [0.15, 0.2) is 5.76 Å². The fourth-order valence-electron chi connectivity index (χ4n) is 1.40. The van der Waals surface area contributed by atoms with Gasteiger partial charge in [-0.05, 0) is 12.1 Å². The summed E-state index contributed by atoms with van der Waals surface area (Å²) >= 11 is 5.66. The van der Waals surface area contributed by atoms with Crippen LogP contribution in [0.5, 0.6) is 0 Å². The molecule has 0 aliphatic heterocycles. The number of hydrogen-bond acceptors (Lipinski definition) is 5. The molecular formula is C11H8ClN3O4. The molecule has 0 aliphatic carbocycles. The zero-order valence-corrected chi connectivity index (χ0v) is 10.3. The predicted octanol–water partition coefficient (Wildman–Crippen LogP) is 2.17. The summed E-state index contributed by atoms with van der Waals surface area (Å²) in [6.07, 6.45) is 1.45. The molecule has 0 aliphatic rings. The number of nitro benzene ring substituents is 1. The molecule has 0 saturated carbocycles. The highest BCUT2D eigenvalue weighted by molar-refractivity contribution is 6.32. The average Bonchev–Trinajstić information content (AvgIpc) is 2.89. The maximum Gasteiger partial charge on any atom is 0.288 e. The first-order valence-electron chi connectivity index (χ1n) is 5.19. The van der Waals surface area contributed by atoms with Gasteiger partial charge in [-0.3, -0.25) is 14.9 Å². The maximum atomic E-state index is 11.8. The van der Waals surface area contributed by atoms with Gasteiger partial charge in [0.1, 0.15) is 5.02 Å². The van der Waals surface area contributed by atoms with E-state index >= 15 is 0 Å².